The van der Waals surface area contributed by atoms with Gasteiger partial charge in [0.15, 0.2) is 11.6 Å². The zero-order valence-corrected chi connectivity index (χ0v) is 14.1. The lowest BCUT2D eigenvalue weighted by Gasteiger charge is -2.13. The molecule has 0 N–H and O–H groups in total. The molecule has 0 aliphatic rings. The second-order valence-corrected chi connectivity index (χ2v) is 6.01. The van der Waals surface area contributed by atoms with E-state index >= 15 is 0 Å². The van der Waals surface area contributed by atoms with Crippen molar-refractivity contribution in [3.8, 4) is 16.9 Å². The van der Waals surface area contributed by atoms with Crippen molar-refractivity contribution in [2.75, 3.05) is 0 Å². The van der Waals surface area contributed by atoms with Crippen LogP contribution in [-0.4, -0.2) is 6.36 Å². The van der Waals surface area contributed by atoms with E-state index in [1.165, 1.54) is 12.1 Å². The molecule has 0 aliphatic heterocycles. The average molecular weight is 378 g/mol. The van der Waals surface area contributed by atoms with E-state index in [0.29, 0.717) is 5.56 Å². The van der Waals surface area contributed by atoms with Crippen molar-refractivity contribution in [1.82, 2.24) is 0 Å². The Morgan fingerprint density at radius 1 is 0.926 bits per heavy atom. The van der Waals surface area contributed by atoms with Crippen LogP contribution >= 0.6 is 0 Å². The first-order valence-corrected chi connectivity index (χ1v) is 8.16. The normalized spacial score (nSPS) is 11.6. The zero-order valence-electron chi connectivity index (χ0n) is 14.1. The van der Waals surface area contributed by atoms with Crippen LogP contribution in [0.2, 0.25) is 0 Å². The second-order valence-electron chi connectivity index (χ2n) is 6.01. The van der Waals surface area contributed by atoms with Gasteiger partial charge in [-0.05, 0) is 47.1 Å². The summed E-state index contributed by atoms with van der Waals surface area (Å²) in [7, 11) is 0. The Morgan fingerprint density at radius 3 is 2.22 bits per heavy atom. The summed E-state index contributed by atoms with van der Waals surface area (Å²) in [6.45, 7) is 3.68. The van der Waals surface area contributed by atoms with E-state index in [0.717, 1.165) is 30.0 Å². The Kier molecular flexibility index (Phi) is 5.17. The van der Waals surface area contributed by atoms with Gasteiger partial charge in [0.05, 0.1) is 0 Å². The lowest BCUT2D eigenvalue weighted by atomic mass is 9.99. The minimum atomic E-state index is -5.18. The second kappa shape index (κ2) is 7.39. The monoisotopic (exact) mass is 378 g/mol. The number of allylic oxidation sites excluding steroid dienone is 1. The van der Waals surface area contributed by atoms with Crippen LogP contribution in [0.25, 0.3) is 21.9 Å². The molecule has 3 aromatic rings. The Bertz CT molecular complexity index is 975. The Morgan fingerprint density at radius 2 is 1.59 bits per heavy atom. The zero-order chi connectivity index (χ0) is 19.6. The minimum absolute atomic E-state index is 0.146. The molecule has 3 rings (SSSR count). The van der Waals surface area contributed by atoms with Gasteiger partial charge in [-0.2, -0.15) is 0 Å². The van der Waals surface area contributed by atoms with Crippen LogP contribution in [0, 0.1) is 11.6 Å². The average Bonchev–Trinajstić information content (AvgIpc) is 2.62. The Labute approximate surface area is 152 Å². The van der Waals surface area contributed by atoms with E-state index in [9.17, 15) is 22.0 Å². The molecule has 3 aromatic carbocycles. The van der Waals surface area contributed by atoms with Gasteiger partial charge < -0.3 is 4.74 Å². The summed E-state index contributed by atoms with van der Waals surface area (Å²) in [5, 5.41) is -0.00485. The van der Waals surface area contributed by atoms with Crippen molar-refractivity contribution in [2.45, 2.75) is 19.2 Å². The molecule has 0 heterocycles. The van der Waals surface area contributed by atoms with E-state index in [1.807, 2.05) is 30.3 Å². The molecule has 0 unspecified atom stereocenters. The highest BCUT2D eigenvalue weighted by molar-refractivity contribution is 5.89. The highest BCUT2D eigenvalue weighted by Gasteiger charge is 2.34. The van der Waals surface area contributed by atoms with Crippen molar-refractivity contribution in [1.29, 1.82) is 0 Å². The molecule has 0 spiro atoms. The van der Waals surface area contributed by atoms with Gasteiger partial charge in [-0.3, -0.25) is 0 Å². The standard InChI is InChI=1S/C21H15F5O/c1-2-3-4-13-5-7-14(8-6-13)15-9-10-17-16(11-15)12-18(22)20(19(17)23)27-21(24,25)26/h2,5-12H,1,3-4H2. The molecule has 0 amide bonds. The number of rotatable bonds is 5. The topological polar surface area (TPSA) is 9.23 Å². The number of alkyl halides is 3. The smallest absolute Gasteiger partial charge is 0.399 e. The summed E-state index contributed by atoms with van der Waals surface area (Å²) in [5.41, 5.74) is 2.65. The van der Waals surface area contributed by atoms with Gasteiger partial charge in [-0.25, -0.2) is 8.78 Å². The van der Waals surface area contributed by atoms with E-state index in [2.05, 4.69) is 11.3 Å². The van der Waals surface area contributed by atoms with Gasteiger partial charge in [0.2, 0.25) is 5.75 Å². The number of aryl methyl sites for hydroxylation is 1. The maximum absolute atomic E-state index is 14.3. The van der Waals surface area contributed by atoms with E-state index in [-0.39, 0.29) is 10.8 Å². The SMILES string of the molecule is C=CCCc1ccc(-c2ccc3c(F)c(OC(F)(F)F)c(F)cc3c2)cc1. The Balaban J connectivity index is 1.98. The number of benzene rings is 3. The lowest BCUT2D eigenvalue weighted by Crippen LogP contribution is -2.19. The van der Waals surface area contributed by atoms with Crippen molar-refractivity contribution in [3.63, 3.8) is 0 Å². The number of hydrogen-bond donors (Lipinski definition) is 0. The number of halogens is 5. The fraction of sp³-hybridized carbons (Fsp3) is 0.143. The molecule has 0 radical (unpaired) electrons. The van der Waals surface area contributed by atoms with Crippen molar-refractivity contribution in [2.24, 2.45) is 0 Å². The molecule has 140 valence electrons. The third-order valence-corrected chi connectivity index (χ3v) is 4.13. The van der Waals surface area contributed by atoms with Gasteiger partial charge in [0, 0.05) is 5.39 Å². The third kappa shape index (κ3) is 4.27. The molecule has 0 atom stereocenters. The van der Waals surface area contributed by atoms with Gasteiger partial charge in [0.1, 0.15) is 0 Å². The first kappa shape index (κ1) is 18.9. The van der Waals surface area contributed by atoms with Crippen LogP contribution in [0.3, 0.4) is 0 Å². The predicted molar refractivity (Wildman–Crippen MR) is 94.5 cm³/mol. The number of ether oxygens (including phenoxy) is 1. The van der Waals surface area contributed by atoms with Crippen LogP contribution in [0.15, 0.2) is 61.2 Å². The molecule has 0 fully saturated rings. The number of fused-ring (bicyclic) bond motifs is 1. The third-order valence-electron chi connectivity index (χ3n) is 4.13. The van der Waals surface area contributed by atoms with Crippen LogP contribution < -0.4 is 4.74 Å². The van der Waals surface area contributed by atoms with Crippen molar-refractivity contribution < 1.29 is 26.7 Å². The van der Waals surface area contributed by atoms with Crippen LogP contribution in [-0.2, 0) is 6.42 Å². The number of hydrogen-bond acceptors (Lipinski definition) is 1. The van der Waals surface area contributed by atoms with Crippen molar-refractivity contribution in [3.05, 3.63) is 78.4 Å². The Hall–Kier alpha value is -2.89. The molecule has 1 nitrogen and oxygen atoms in total. The fourth-order valence-corrected chi connectivity index (χ4v) is 2.83. The fourth-order valence-electron chi connectivity index (χ4n) is 2.83. The maximum atomic E-state index is 14.3. The molecule has 0 aromatic heterocycles. The van der Waals surface area contributed by atoms with Crippen molar-refractivity contribution >= 4 is 10.8 Å². The summed E-state index contributed by atoms with van der Waals surface area (Å²) in [6.07, 6.45) is -1.63. The summed E-state index contributed by atoms with van der Waals surface area (Å²) in [6, 6.07) is 12.9. The first-order chi connectivity index (χ1) is 12.8. The van der Waals surface area contributed by atoms with Gasteiger partial charge in [-0.1, -0.05) is 42.5 Å². The van der Waals surface area contributed by atoms with Crippen LogP contribution in [0.4, 0.5) is 22.0 Å². The lowest BCUT2D eigenvalue weighted by molar-refractivity contribution is -0.276. The molecule has 0 saturated heterocycles. The first-order valence-electron chi connectivity index (χ1n) is 8.16. The molecule has 0 aliphatic carbocycles. The van der Waals surface area contributed by atoms with Gasteiger partial charge in [0.25, 0.3) is 0 Å². The largest absolute Gasteiger partial charge is 0.573 e. The summed E-state index contributed by atoms with van der Waals surface area (Å²) < 4.78 is 68.7. The van der Waals surface area contributed by atoms with Gasteiger partial charge in [-0.15, -0.1) is 19.8 Å². The van der Waals surface area contributed by atoms with Gasteiger partial charge >= 0.3 is 6.36 Å². The summed E-state index contributed by atoms with van der Waals surface area (Å²) >= 11 is 0. The predicted octanol–water partition coefficient (Wildman–Crippen LogP) is 6.80. The maximum Gasteiger partial charge on any atom is 0.573 e. The highest BCUT2D eigenvalue weighted by Crippen LogP contribution is 2.35. The van der Waals surface area contributed by atoms with E-state index < -0.39 is 23.7 Å². The van der Waals surface area contributed by atoms with Crippen LogP contribution in [0.5, 0.6) is 5.75 Å². The molecular formula is C21H15F5O. The summed E-state index contributed by atoms with van der Waals surface area (Å²) in [4.78, 5) is 0. The molecular weight excluding hydrogens is 363 g/mol. The summed E-state index contributed by atoms with van der Waals surface area (Å²) in [5.74, 6) is -4.24. The van der Waals surface area contributed by atoms with Crippen LogP contribution in [0.1, 0.15) is 12.0 Å². The molecule has 0 saturated carbocycles. The molecule has 6 heteroatoms. The molecule has 27 heavy (non-hydrogen) atoms. The molecule has 0 bridgehead atoms. The quantitative estimate of drug-likeness (QED) is 0.350. The van der Waals surface area contributed by atoms with E-state index in [1.54, 1.807) is 6.07 Å². The highest BCUT2D eigenvalue weighted by atomic mass is 19.4. The minimum Gasteiger partial charge on any atom is -0.399 e. The van der Waals surface area contributed by atoms with E-state index in [4.69, 9.17) is 0 Å².